The zero-order valence-electron chi connectivity index (χ0n) is 28.8. The van der Waals surface area contributed by atoms with Gasteiger partial charge in [-0.1, -0.05) is 103 Å². The van der Waals surface area contributed by atoms with Gasteiger partial charge >= 0.3 is 5.97 Å². The summed E-state index contributed by atoms with van der Waals surface area (Å²) in [4.78, 5) is 14.1. The van der Waals surface area contributed by atoms with Crippen LogP contribution in [0.3, 0.4) is 0 Å². The molecule has 2 aliphatic heterocycles. The van der Waals surface area contributed by atoms with Crippen molar-refractivity contribution in [1.82, 2.24) is 0 Å². The number of carbonyl (C=O) groups is 1. The molecule has 5 aromatic carbocycles. The van der Waals surface area contributed by atoms with Crippen LogP contribution in [0.25, 0.3) is 17.7 Å². The van der Waals surface area contributed by atoms with Crippen molar-refractivity contribution < 1.29 is 14.5 Å². The number of rotatable bonds is 9. The highest BCUT2D eigenvalue weighted by atomic mass is 16.4. The monoisotopic (exact) mass is 655 g/mol. The lowest BCUT2D eigenvalue weighted by atomic mass is 9.81. The van der Waals surface area contributed by atoms with E-state index in [1.54, 1.807) is 0 Å². The van der Waals surface area contributed by atoms with E-state index in [0.29, 0.717) is 18.5 Å². The van der Waals surface area contributed by atoms with Crippen LogP contribution >= 0.6 is 0 Å². The number of fused-ring (bicyclic) bond motifs is 4. The topological polar surface area (TPSA) is 43.5 Å². The number of anilines is 2. The minimum Gasteiger partial charge on any atom is -0.481 e. The Morgan fingerprint density at radius 1 is 0.800 bits per heavy atom. The van der Waals surface area contributed by atoms with Gasteiger partial charge in [-0.15, -0.1) is 0 Å². The van der Waals surface area contributed by atoms with Gasteiger partial charge in [0.1, 0.15) is 6.42 Å². The molecule has 2 unspecified atom stereocenters. The molecule has 1 saturated carbocycles. The van der Waals surface area contributed by atoms with Crippen LogP contribution in [0.1, 0.15) is 78.8 Å². The molecule has 1 fully saturated rings. The molecule has 4 heteroatoms. The molecule has 2 atom stereocenters. The van der Waals surface area contributed by atoms with E-state index in [9.17, 15) is 9.90 Å². The lowest BCUT2D eigenvalue weighted by molar-refractivity contribution is -0.436. The Bertz CT molecular complexity index is 2100. The maximum Gasteiger partial charge on any atom is 0.309 e. The highest BCUT2D eigenvalue weighted by molar-refractivity contribution is 6.05. The molecule has 0 saturated heterocycles. The van der Waals surface area contributed by atoms with Crippen molar-refractivity contribution in [3.05, 3.63) is 167 Å². The van der Waals surface area contributed by atoms with Gasteiger partial charge in [-0.05, 0) is 96.5 Å². The summed E-state index contributed by atoms with van der Waals surface area (Å²) < 4.78 is 2.20. The molecule has 0 aromatic heterocycles. The lowest BCUT2D eigenvalue weighted by Gasteiger charge is -2.27. The predicted molar refractivity (Wildman–Crippen MR) is 206 cm³/mol. The van der Waals surface area contributed by atoms with E-state index in [1.165, 1.54) is 69.6 Å². The summed E-state index contributed by atoms with van der Waals surface area (Å²) >= 11 is 0. The van der Waals surface area contributed by atoms with Gasteiger partial charge in [-0.25, -0.2) is 0 Å². The van der Waals surface area contributed by atoms with Crippen molar-refractivity contribution in [2.45, 2.75) is 56.9 Å². The van der Waals surface area contributed by atoms with Gasteiger partial charge in [0.25, 0.3) is 0 Å². The van der Waals surface area contributed by atoms with E-state index in [-0.39, 0.29) is 11.8 Å². The zero-order valence-corrected chi connectivity index (χ0v) is 28.8. The fraction of sp³-hybridized carbons (Fsp3) is 0.217. The van der Waals surface area contributed by atoms with Crippen molar-refractivity contribution in [2.24, 2.45) is 0 Å². The Hall–Kier alpha value is -5.48. The molecule has 0 bridgehead atoms. The molecule has 2 heterocycles. The summed E-state index contributed by atoms with van der Waals surface area (Å²) in [7, 11) is 0. The molecule has 0 spiro atoms. The van der Waals surface area contributed by atoms with Crippen LogP contribution in [0, 0.1) is 0 Å². The standard InChI is InChI=1S/C46H42N2O2/c1-46(2)40-17-9-10-18-43(40)47(29-28-45(49)50)44(46)27-23-33-22-26-42-39(31-33)37-16-11-19-41(37)48(42)36-24-20-32(21-25-36)30-38(34-12-5-3-6-13-34)35-14-7-4-8-15-35/h3-10,12-15,17-18,20-27,30-31,37,41H,11,16,19,28-29H2,1-2H3/p+1. The molecule has 8 rings (SSSR count). The third-order valence-electron chi connectivity index (χ3n) is 11.0. The van der Waals surface area contributed by atoms with Crippen molar-refractivity contribution >= 4 is 46.5 Å². The van der Waals surface area contributed by atoms with Crippen molar-refractivity contribution in [1.29, 1.82) is 0 Å². The quantitative estimate of drug-likeness (QED) is 0.127. The first-order chi connectivity index (χ1) is 24.4. The van der Waals surface area contributed by atoms with Gasteiger partial charge in [0, 0.05) is 41.0 Å². The zero-order chi connectivity index (χ0) is 34.2. The van der Waals surface area contributed by atoms with Crippen LogP contribution in [0.4, 0.5) is 17.1 Å². The van der Waals surface area contributed by atoms with Gasteiger partial charge < -0.3 is 10.0 Å². The number of aliphatic carboxylic acids is 1. The van der Waals surface area contributed by atoms with Gasteiger partial charge in [0.15, 0.2) is 12.3 Å². The van der Waals surface area contributed by atoms with E-state index in [4.69, 9.17) is 0 Å². The minimum absolute atomic E-state index is 0.0952. The normalized spacial score (nSPS) is 18.6. The first-order valence-electron chi connectivity index (χ1n) is 17.9. The third kappa shape index (κ3) is 5.79. The maximum atomic E-state index is 11.5. The molecule has 50 heavy (non-hydrogen) atoms. The molecule has 4 nitrogen and oxygen atoms in total. The third-order valence-corrected chi connectivity index (χ3v) is 11.0. The van der Waals surface area contributed by atoms with Crippen LogP contribution in [0.15, 0.2) is 133 Å². The van der Waals surface area contributed by atoms with E-state index < -0.39 is 5.97 Å². The molecule has 5 aromatic rings. The minimum atomic E-state index is -0.778. The van der Waals surface area contributed by atoms with Crippen molar-refractivity contribution in [3.63, 3.8) is 0 Å². The van der Waals surface area contributed by atoms with Crippen molar-refractivity contribution in [2.75, 3.05) is 11.4 Å². The van der Waals surface area contributed by atoms with Crippen molar-refractivity contribution in [3.8, 4) is 0 Å². The smallest absolute Gasteiger partial charge is 0.309 e. The Labute approximate surface area is 295 Å². The highest BCUT2D eigenvalue weighted by Gasteiger charge is 2.44. The number of para-hydroxylation sites is 1. The molecular formula is C46H43N2O2+. The van der Waals surface area contributed by atoms with Crippen LogP contribution < -0.4 is 4.90 Å². The van der Waals surface area contributed by atoms with Gasteiger partial charge in [0.2, 0.25) is 5.69 Å². The summed E-state index contributed by atoms with van der Waals surface area (Å²) in [6.07, 6.45) is 10.5. The number of carboxylic acids is 1. The summed E-state index contributed by atoms with van der Waals surface area (Å²) in [6, 6.07) is 46.2. The molecule has 0 radical (unpaired) electrons. The van der Waals surface area contributed by atoms with Crippen LogP contribution in [-0.2, 0) is 10.2 Å². The summed E-state index contributed by atoms with van der Waals surface area (Å²) in [6.45, 7) is 4.93. The largest absolute Gasteiger partial charge is 0.481 e. The Balaban J connectivity index is 1.10. The van der Waals surface area contributed by atoms with E-state index in [2.05, 4.69) is 163 Å². The number of hydrogen-bond acceptors (Lipinski definition) is 2. The summed E-state index contributed by atoms with van der Waals surface area (Å²) in [5, 5.41) is 9.49. The summed E-state index contributed by atoms with van der Waals surface area (Å²) in [5.41, 5.74) is 13.3. The first-order valence-corrected chi connectivity index (χ1v) is 17.9. The molecule has 248 valence electrons. The van der Waals surface area contributed by atoms with Gasteiger partial charge in [-0.2, -0.15) is 4.58 Å². The van der Waals surface area contributed by atoms with Gasteiger partial charge in [0.05, 0.1) is 5.41 Å². The van der Waals surface area contributed by atoms with E-state index >= 15 is 0 Å². The second-order valence-electron chi connectivity index (χ2n) is 14.3. The van der Waals surface area contributed by atoms with Crippen LogP contribution in [0.5, 0.6) is 0 Å². The average Bonchev–Trinajstić information content (AvgIpc) is 3.80. The van der Waals surface area contributed by atoms with Gasteiger partial charge in [-0.3, -0.25) is 4.79 Å². The lowest BCUT2D eigenvalue weighted by Crippen LogP contribution is -2.28. The van der Waals surface area contributed by atoms with Crippen LogP contribution in [0.2, 0.25) is 0 Å². The second-order valence-corrected chi connectivity index (χ2v) is 14.3. The number of nitrogens with zero attached hydrogens (tertiary/aromatic N) is 2. The molecule has 1 aliphatic carbocycles. The Morgan fingerprint density at radius 3 is 2.16 bits per heavy atom. The number of benzene rings is 5. The van der Waals surface area contributed by atoms with E-state index in [1.807, 2.05) is 6.07 Å². The molecule has 0 amide bonds. The fourth-order valence-corrected chi connectivity index (χ4v) is 8.55. The highest BCUT2D eigenvalue weighted by Crippen LogP contribution is 2.52. The SMILES string of the molecule is CC1(C)C(/C=C/c2ccc3c(c2)C2CCCC2N3c2ccc(C=C(c3ccccc3)c3ccccc3)cc2)=[N+](CCC(=O)O)c2ccccc21. The molecular weight excluding hydrogens is 613 g/mol. The summed E-state index contributed by atoms with van der Waals surface area (Å²) in [5.74, 6) is -0.257. The Kier molecular flexibility index (Phi) is 8.32. The number of hydrogen-bond donors (Lipinski definition) is 1. The second kappa shape index (κ2) is 13.1. The molecule has 3 aliphatic rings. The average molecular weight is 656 g/mol. The molecule has 1 N–H and O–H groups in total. The maximum absolute atomic E-state index is 11.5. The van der Waals surface area contributed by atoms with E-state index in [0.717, 1.165) is 11.4 Å². The Morgan fingerprint density at radius 2 is 1.46 bits per heavy atom. The number of allylic oxidation sites excluding steroid dienone is 1. The predicted octanol–water partition coefficient (Wildman–Crippen LogP) is 10.6. The number of carboxylic acid groups (broad SMARTS) is 1. The first kappa shape index (κ1) is 31.8. The fourth-order valence-electron chi connectivity index (χ4n) is 8.55. The van der Waals surface area contributed by atoms with Crippen LogP contribution in [-0.4, -0.2) is 33.9 Å².